The Balaban J connectivity index is 1.93. The summed E-state index contributed by atoms with van der Waals surface area (Å²) in [6, 6.07) is 6.43. The van der Waals surface area contributed by atoms with Gasteiger partial charge in [-0.05, 0) is 55.9 Å². The molecule has 2 rings (SSSR count). The average Bonchev–Trinajstić information content (AvgIpc) is 2.82. The number of ether oxygens (including phenoxy) is 1. The molecule has 94 valence electrons. The smallest absolute Gasteiger partial charge is 0.0576 e. The minimum atomic E-state index is 0.122. The van der Waals surface area contributed by atoms with Crippen LogP contribution in [-0.2, 0) is 4.74 Å². The molecule has 0 spiro atoms. The highest BCUT2D eigenvalue weighted by molar-refractivity contribution is 9.10. The van der Waals surface area contributed by atoms with E-state index in [2.05, 4.69) is 41.1 Å². The van der Waals surface area contributed by atoms with E-state index in [1.807, 2.05) is 0 Å². The molecule has 0 aliphatic carbocycles. The number of benzene rings is 1. The summed E-state index contributed by atoms with van der Waals surface area (Å²) in [5.41, 5.74) is 8.79. The third-order valence-electron chi connectivity index (χ3n) is 3.46. The van der Waals surface area contributed by atoms with Gasteiger partial charge in [-0.3, -0.25) is 0 Å². The van der Waals surface area contributed by atoms with E-state index >= 15 is 0 Å². The van der Waals surface area contributed by atoms with Crippen molar-refractivity contribution in [3.8, 4) is 0 Å². The van der Waals surface area contributed by atoms with Gasteiger partial charge in [0.15, 0.2) is 0 Å². The maximum atomic E-state index is 6.27. The standard InChI is InChI=1S/C14H20BrNO/c1-10-4-5-11(15)9-13(10)14(16)7-6-12-3-2-8-17-12/h4-5,9,12,14H,2-3,6-8,16H2,1H3. The van der Waals surface area contributed by atoms with Crippen LogP contribution >= 0.6 is 15.9 Å². The minimum Gasteiger partial charge on any atom is -0.378 e. The van der Waals surface area contributed by atoms with E-state index in [1.54, 1.807) is 0 Å². The number of halogens is 1. The number of hydrogen-bond donors (Lipinski definition) is 1. The van der Waals surface area contributed by atoms with Gasteiger partial charge in [-0.25, -0.2) is 0 Å². The zero-order valence-electron chi connectivity index (χ0n) is 10.3. The lowest BCUT2D eigenvalue weighted by Gasteiger charge is -2.17. The van der Waals surface area contributed by atoms with Crippen LogP contribution in [0.5, 0.6) is 0 Å². The van der Waals surface area contributed by atoms with Gasteiger partial charge >= 0.3 is 0 Å². The van der Waals surface area contributed by atoms with Gasteiger partial charge in [0, 0.05) is 17.1 Å². The number of hydrogen-bond acceptors (Lipinski definition) is 2. The first-order valence-electron chi connectivity index (χ1n) is 6.30. The van der Waals surface area contributed by atoms with Gasteiger partial charge in [-0.15, -0.1) is 0 Å². The second-order valence-electron chi connectivity index (χ2n) is 4.82. The fraction of sp³-hybridized carbons (Fsp3) is 0.571. The molecule has 2 unspecified atom stereocenters. The fourth-order valence-electron chi connectivity index (χ4n) is 2.40. The fourth-order valence-corrected chi connectivity index (χ4v) is 2.78. The first-order chi connectivity index (χ1) is 8.16. The summed E-state index contributed by atoms with van der Waals surface area (Å²) >= 11 is 3.50. The van der Waals surface area contributed by atoms with E-state index in [0.29, 0.717) is 6.10 Å². The Morgan fingerprint density at radius 1 is 1.53 bits per heavy atom. The monoisotopic (exact) mass is 297 g/mol. The molecular formula is C14H20BrNO. The van der Waals surface area contributed by atoms with Crippen LogP contribution in [0.3, 0.4) is 0 Å². The van der Waals surface area contributed by atoms with Gasteiger partial charge in [0.1, 0.15) is 0 Å². The largest absolute Gasteiger partial charge is 0.378 e. The maximum Gasteiger partial charge on any atom is 0.0576 e. The molecule has 2 N–H and O–H groups in total. The molecular weight excluding hydrogens is 278 g/mol. The van der Waals surface area contributed by atoms with Crippen LogP contribution in [0.4, 0.5) is 0 Å². The second kappa shape index (κ2) is 5.98. The summed E-state index contributed by atoms with van der Waals surface area (Å²) in [5, 5.41) is 0. The summed E-state index contributed by atoms with van der Waals surface area (Å²) in [4.78, 5) is 0. The van der Waals surface area contributed by atoms with Crippen molar-refractivity contribution in [2.75, 3.05) is 6.61 Å². The van der Waals surface area contributed by atoms with Crippen molar-refractivity contribution in [3.05, 3.63) is 33.8 Å². The molecule has 17 heavy (non-hydrogen) atoms. The Labute approximate surface area is 112 Å². The summed E-state index contributed by atoms with van der Waals surface area (Å²) in [7, 11) is 0. The van der Waals surface area contributed by atoms with E-state index in [-0.39, 0.29) is 6.04 Å². The van der Waals surface area contributed by atoms with E-state index in [0.717, 1.165) is 23.9 Å². The van der Waals surface area contributed by atoms with Gasteiger partial charge in [0.05, 0.1) is 6.10 Å². The number of rotatable bonds is 4. The van der Waals surface area contributed by atoms with Crippen LogP contribution in [0.1, 0.15) is 42.9 Å². The third kappa shape index (κ3) is 3.54. The van der Waals surface area contributed by atoms with E-state index in [1.165, 1.54) is 24.0 Å². The van der Waals surface area contributed by atoms with Gasteiger partial charge < -0.3 is 10.5 Å². The van der Waals surface area contributed by atoms with Gasteiger partial charge in [-0.2, -0.15) is 0 Å². The van der Waals surface area contributed by atoms with Crippen LogP contribution in [-0.4, -0.2) is 12.7 Å². The molecule has 1 aromatic carbocycles. The highest BCUT2D eigenvalue weighted by Crippen LogP contribution is 2.26. The van der Waals surface area contributed by atoms with Crippen molar-refractivity contribution in [1.29, 1.82) is 0 Å². The van der Waals surface area contributed by atoms with Crippen LogP contribution < -0.4 is 5.73 Å². The highest BCUT2D eigenvalue weighted by Gasteiger charge is 2.17. The van der Waals surface area contributed by atoms with Crippen molar-refractivity contribution in [2.45, 2.75) is 44.8 Å². The first kappa shape index (κ1) is 13.1. The first-order valence-corrected chi connectivity index (χ1v) is 7.09. The number of nitrogens with two attached hydrogens (primary N) is 1. The predicted molar refractivity (Wildman–Crippen MR) is 74.0 cm³/mol. The lowest BCUT2D eigenvalue weighted by atomic mass is 9.96. The van der Waals surface area contributed by atoms with Crippen LogP contribution in [0.15, 0.2) is 22.7 Å². The van der Waals surface area contributed by atoms with Crippen LogP contribution in [0, 0.1) is 6.92 Å². The van der Waals surface area contributed by atoms with Gasteiger partial charge in [0.2, 0.25) is 0 Å². The average molecular weight is 298 g/mol. The molecule has 3 heteroatoms. The maximum absolute atomic E-state index is 6.27. The Kier molecular flexibility index (Phi) is 4.60. The molecule has 0 saturated carbocycles. The molecule has 1 aromatic rings. The van der Waals surface area contributed by atoms with Crippen molar-refractivity contribution in [1.82, 2.24) is 0 Å². The number of aryl methyl sites for hydroxylation is 1. The molecule has 1 aliphatic heterocycles. The van der Waals surface area contributed by atoms with E-state index in [9.17, 15) is 0 Å². The van der Waals surface area contributed by atoms with Crippen molar-refractivity contribution in [2.24, 2.45) is 5.73 Å². The SMILES string of the molecule is Cc1ccc(Br)cc1C(N)CCC1CCCO1. The lowest BCUT2D eigenvalue weighted by Crippen LogP contribution is -2.15. The molecule has 0 bridgehead atoms. The van der Waals surface area contributed by atoms with Crippen molar-refractivity contribution < 1.29 is 4.74 Å². The zero-order chi connectivity index (χ0) is 12.3. The predicted octanol–water partition coefficient (Wildman–Crippen LogP) is 3.72. The quantitative estimate of drug-likeness (QED) is 0.919. The molecule has 1 heterocycles. The molecule has 0 radical (unpaired) electrons. The van der Waals surface area contributed by atoms with Gasteiger partial charge in [0.25, 0.3) is 0 Å². The Morgan fingerprint density at radius 3 is 3.06 bits per heavy atom. The Morgan fingerprint density at radius 2 is 2.35 bits per heavy atom. The molecule has 2 nitrogen and oxygen atoms in total. The lowest BCUT2D eigenvalue weighted by molar-refractivity contribution is 0.101. The third-order valence-corrected chi connectivity index (χ3v) is 3.96. The topological polar surface area (TPSA) is 35.2 Å². The van der Waals surface area contributed by atoms with Crippen LogP contribution in [0.25, 0.3) is 0 Å². The Hall–Kier alpha value is -0.380. The summed E-state index contributed by atoms with van der Waals surface area (Å²) in [6.45, 7) is 3.05. The molecule has 1 fully saturated rings. The summed E-state index contributed by atoms with van der Waals surface area (Å²) < 4.78 is 6.73. The van der Waals surface area contributed by atoms with Crippen molar-refractivity contribution >= 4 is 15.9 Å². The molecule has 0 aromatic heterocycles. The van der Waals surface area contributed by atoms with Gasteiger partial charge in [-0.1, -0.05) is 22.0 Å². The second-order valence-corrected chi connectivity index (χ2v) is 5.74. The molecule has 1 aliphatic rings. The van der Waals surface area contributed by atoms with Crippen molar-refractivity contribution in [3.63, 3.8) is 0 Å². The minimum absolute atomic E-state index is 0.122. The molecule has 2 atom stereocenters. The zero-order valence-corrected chi connectivity index (χ0v) is 11.9. The van der Waals surface area contributed by atoms with E-state index < -0.39 is 0 Å². The Bertz CT molecular complexity index is 374. The molecule has 0 amide bonds. The normalized spacial score (nSPS) is 21.7. The summed E-state index contributed by atoms with van der Waals surface area (Å²) in [5.74, 6) is 0. The summed E-state index contributed by atoms with van der Waals surface area (Å²) in [6.07, 6.45) is 4.92. The molecule has 1 saturated heterocycles. The van der Waals surface area contributed by atoms with Crippen LogP contribution in [0.2, 0.25) is 0 Å². The highest BCUT2D eigenvalue weighted by atomic mass is 79.9. The van der Waals surface area contributed by atoms with E-state index in [4.69, 9.17) is 10.5 Å².